The second-order valence-electron chi connectivity index (χ2n) is 9.84. The number of rotatable bonds is 9. The number of carbonyl (C=O) groups is 6. The van der Waals surface area contributed by atoms with Crippen LogP contribution in [0.1, 0.15) is 18.5 Å². The van der Waals surface area contributed by atoms with Crippen LogP contribution in [0, 0.1) is 0 Å². The Balaban J connectivity index is 1.31. The van der Waals surface area contributed by atoms with Crippen molar-refractivity contribution in [3.05, 3.63) is 41.1 Å². The van der Waals surface area contributed by atoms with Crippen LogP contribution in [0.15, 0.2) is 40.7 Å². The van der Waals surface area contributed by atoms with Crippen molar-refractivity contribution in [1.29, 1.82) is 0 Å². The summed E-state index contributed by atoms with van der Waals surface area (Å²) in [5.41, 5.74) is 0.536. The zero-order valence-electron chi connectivity index (χ0n) is 23.4. The SMILES string of the molecule is CCN1CCN(C(=O)NC(C(=O)N[C@H]2C(=O)N3C(C(=O)O)=C(CSc4nnnn4C)CS[C@@H]23)c2ccc(O)cc2)C(=O)C1=O. The number of aromatic nitrogens is 4. The number of carbonyl (C=O) groups excluding carboxylic acids is 5. The van der Waals surface area contributed by atoms with Crippen LogP contribution < -0.4 is 10.6 Å². The number of aliphatic carboxylic acids is 1. The van der Waals surface area contributed by atoms with E-state index in [9.17, 15) is 39.0 Å². The molecule has 1 unspecified atom stereocenters. The molecule has 5 rings (SSSR count). The van der Waals surface area contributed by atoms with E-state index in [1.54, 1.807) is 14.0 Å². The van der Waals surface area contributed by atoms with Gasteiger partial charge in [-0.3, -0.25) is 29.0 Å². The van der Waals surface area contributed by atoms with Gasteiger partial charge in [-0.05, 0) is 40.6 Å². The number of phenolic OH excluding ortho intramolecular Hbond substituents is 1. The maximum absolute atomic E-state index is 13.6. The van der Waals surface area contributed by atoms with Crippen molar-refractivity contribution in [2.24, 2.45) is 7.05 Å². The van der Waals surface area contributed by atoms with Crippen molar-refractivity contribution in [3.8, 4) is 5.75 Å². The Labute approximate surface area is 258 Å². The number of fused-ring (bicyclic) bond motifs is 1. The molecule has 3 aliphatic rings. The Kier molecular flexibility index (Phi) is 8.77. The van der Waals surface area contributed by atoms with Crippen LogP contribution in [-0.4, -0.2) is 123 Å². The topological polar surface area (TPSA) is 220 Å². The average Bonchev–Trinajstić information content (AvgIpc) is 3.42. The van der Waals surface area contributed by atoms with Crippen molar-refractivity contribution in [2.45, 2.75) is 29.5 Å². The smallest absolute Gasteiger partial charge is 0.352 e. The molecule has 0 saturated carbocycles. The van der Waals surface area contributed by atoms with E-state index in [4.69, 9.17) is 0 Å². The van der Waals surface area contributed by atoms with E-state index in [2.05, 4.69) is 26.2 Å². The number of urea groups is 1. The van der Waals surface area contributed by atoms with Gasteiger partial charge in [-0.25, -0.2) is 14.3 Å². The Morgan fingerprint density at radius 3 is 2.50 bits per heavy atom. The number of hydrogen-bond donors (Lipinski definition) is 4. The molecular weight excluding hydrogens is 618 g/mol. The third-order valence-electron chi connectivity index (χ3n) is 7.20. The highest BCUT2D eigenvalue weighted by molar-refractivity contribution is 8.01. The second-order valence-corrected chi connectivity index (χ2v) is 11.9. The van der Waals surface area contributed by atoms with Gasteiger partial charge in [-0.15, -0.1) is 16.9 Å². The molecule has 0 bridgehead atoms. The van der Waals surface area contributed by atoms with Gasteiger partial charge in [0.25, 0.3) is 5.91 Å². The minimum Gasteiger partial charge on any atom is -0.508 e. The molecule has 4 heterocycles. The zero-order valence-corrected chi connectivity index (χ0v) is 25.0. The summed E-state index contributed by atoms with van der Waals surface area (Å²) in [6.07, 6.45) is 0. The summed E-state index contributed by atoms with van der Waals surface area (Å²) >= 11 is 2.49. The summed E-state index contributed by atoms with van der Waals surface area (Å²) in [6.45, 7) is 2.04. The van der Waals surface area contributed by atoms with Gasteiger partial charge in [0, 0.05) is 38.2 Å². The number of β-lactam (4-membered cyclic amide) rings is 1. The number of hydrogen-bond acceptors (Lipinski definition) is 12. The summed E-state index contributed by atoms with van der Waals surface area (Å²) in [5.74, 6) is -4.26. The minimum absolute atomic E-state index is 0.0823. The van der Waals surface area contributed by atoms with Gasteiger partial charge in [-0.2, -0.15) is 0 Å². The number of tetrazole rings is 1. The van der Waals surface area contributed by atoms with Crippen LogP contribution in [-0.2, 0) is 31.0 Å². The highest BCUT2D eigenvalue weighted by Gasteiger charge is 2.54. The lowest BCUT2D eigenvalue weighted by Crippen LogP contribution is -2.71. The number of aryl methyl sites for hydroxylation is 1. The molecule has 2 aromatic rings. The first-order chi connectivity index (χ1) is 21.0. The van der Waals surface area contributed by atoms with Gasteiger partial charge in [0.15, 0.2) is 0 Å². The maximum Gasteiger partial charge on any atom is 0.352 e. The van der Waals surface area contributed by atoms with E-state index in [0.717, 1.165) is 4.90 Å². The zero-order chi connectivity index (χ0) is 31.7. The quantitative estimate of drug-likeness (QED) is 0.145. The van der Waals surface area contributed by atoms with Crippen molar-refractivity contribution in [3.63, 3.8) is 0 Å². The van der Waals surface area contributed by atoms with Crippen molar-refractivity contribution in [2.75, 3.05) is 31.1 Å². The van der Waals surface area contributed by atoms with Crippen LogP contribution in [0.4, 0.5) is 4.79 Å². The summed E-state index contributed by atoms with van der Waals surface area (Å²) in [5, 5.41) is 35.6. The highest BCUT2D eigenvalue weighted by Crippen LogP contribution is 2.41. The predicted molar refractivity (Wildman–Crippen MR) is 153 cm³/mol. The van der Waals surface area contributed by atoms with Crippen LogP contribution in [0.2, 0.25) is 0 Å². The monoisotopic (exact) mass is 645 g/mol. The highest BCUT2D eigenvalue weighted by atomic mass is 32.2. The fourth-order valence-electron chi connectivity index (χ4n) is 4.86. The van der Waals surface area contributed by atoms with Gasteiger partial charge >= 0.3 is 23.8 Å². The number of aromatic hydroxyl groups is 1. The molecule has 0 aliphatic carbocycles. The van der Waals surface area contributed by atoms with Crippen LogP contribution in [0.3, 0.4) is 0 Å². The molecule has 17 nitrogen and oxygen atoms in total. The van der Waals surface area contributed by atoms with Crippen molar-refractivity contribution < 1.29 is 39.0 Å². The number of nitrogens with zero attached hydrogens (tertiary/aromatic N) is 7. The Morgan fingerprint density at radius 2 is 1.86 bits per heavy atom. The third kappa shape index (κ3) is 5.79. The molecule has 2 fully saturated rings. The molecule has 0 spiro atoms. The predicted octanol–water partition coefficient (Wildman–Crippen LogP) is -1.11. The van der Waals surface area contributed by atoms with E-state index in [1.165, 1.54) is 57.4 Å². The number of benzene rings is 1. The number of nitrogens with one attached hydrogen (secondary N) is 2. The van der Waals surface area contributed by atoms with E-state index in [1.807, 2.05) is 0 Å². The first-order valence-electron chi connectivity index (χ1n) is 13.3. The van der Waals surface area contributed by atoms with E-state index in [-0.39, 0.29) is 41.6 Å². The molecule has 44 heavy (non-hydrogen) atoms. The molecule has 6 amide bonds. The fraction of sp³-hybridized carbons (Fsp3) is 0.400. The molecule has 0 radical (unpaired) electrons. The summed E-state index contributed by atoms with van der Waals surface area (Å²) in [7, 11) is 1.64. The Bertz CT molecular complexity index is 1560. The summed E-state index contributed by atoms with van der Waals surface area (Å²) in [6, 6.07) is 1.84. The third-order valence-corrected chi connectivity index (χ3v) is 9.63. The largest absolute Gasteiger partial charge is 0.508 e. The molecule has 1 aromatic carbocycles. The van der Waals surface area contributed by atoms with Crippen LogP contribution in [0.5, 0.6) is 5.75 Å². The number of piperazine rings is 1. The molecule has 2 saturated heterocycles. The molecule has 232 valence electrons. The number of likely N-dealkylation sites (N-methyl/N-ethyl adjacent to an activating group) is 1. The first kappa shape index (κ1) is 30.8. The van der Waals surface area contributed by atoms with Crippen molar-refractivity contribution >= 4 is 59.2 Å². The lowest BCUT2D eigenvalue weighted by atomic mass is 10.0. The molecule has 4 N–H and O–H groups in total. The minimum atomic E-state index is -1.42. The standard InChI is InChI=1S/C25H27N9O8S2/c1-3-32-8-9-33(21(39)20(32)38)24(42)27-15(12-4-6-14(35)7-5-12)18(36)26-16-19(37)34-17(23(40)41)13(10-43-22(16)34)11-44-25-28-29-30-31(25)2/h4-7,15-16,22,35H,3,8-11H2,1-2H3,(H,26,36)(H,27,42)(H,40,41)/t15?,16-,22-/m0/s1. The fourth-order valence-corrected chi connectivity index (χ4v) is 7.20. The van der Waals surface area contributed by atoms with E-state index < -0.39 is 53.1 Å². The van der Waals surface area contributed by atoms with Crippen LogP contribution >= 0.6 is 23.5 Å². The second kappa shape index (κ2) is 12.5. The average molecular weight is 646 g/mol. The molecule has 3 atom stereocenters. The van der Waals surface area contributed by atoms with Gasteiger partial charge in [0.1, 0.15) is 28.9 Å². The van der Waals surface area contributed by atoms with E-state index >= 15 is 0 Å². The van der Waals surface area contributed by atoms with Gasteiger partial charge in [0.05, 0.1) is 0 Å². The number of carboxylic acid groups (broad SMARTS) is 1. The summed E-state index contributed by atoms with van der Waals surface area (Å²) in [4.78, 5) is 80.1. The van der Waals surface area contributed by atoms with E-state index in [0.29, 0.717) is 22.2 Å². The summed E-state index contributed by atoms with van der Waals surface area (Å²) < 4.78 is 1.44. The van der Waals surface area contributed by atoms with Crippen LogP contribution in [0.25, 0.3) is 0 Å². The van der Waals surface area contributed by atoms with Crippen molar-refractivity contribution in [1.82, 2.24) is 45.5 Å². The maximum atomic E-state index is 13.6. The molecule has 19 heteroatoms. The number of amides is 6. The number of phenols is 1. The number of imide groups is 1. The van der Waals surface area contributed by atoms with Gasteiger partial charge in [-0.1, -0.05) is 23.9 Å². The van der Waals surface area contributed by atoms with Gasteiger partial charge in [0.2, 0.25) is 11.1 Å². The Morgan fingerprint density at radius 1 is 1.14 bits per heavy atom. The molecule has 1 aromatic heterocycles. The first-order valence-corrected chi connectivity index (χ1v) is 15.3. The van der Waals surface area contributed by atoms with Gasteiger partial charge < -0.3 is 25.7 Å². The lowest BCUT2D eigenvalue weighted by Gasteiger charge is -2.49. The Hall–Kier alpha value is -4.65. The molecular formula is C25H27N9O8S2. The lowest BCUT2D eigenvalue weighted by molar-refractivity contribution is -0.153. The number of thioether (sulfide) groups is 2. The normalized spacial score (nSPS) is 20.7. The molecule has 3 aliphatic heterocycles. The number of carboxylic acids is 1.